The Morgan fingerprint density at radius 2 is 2.05 bits per heavy atom. The van der Waals surface area contributed by atoms with E-state index in [4.69, 9.17) is 5.73 Å². The Bertz CT molecular complexity index is 459. The second kappa shape index (κ2) is 5.84. The predicted molar refractivity (Wildman–Crippen MR) is 83.8 cm³/mol. The van der Waals surface area contributed by atoms with Crippen LogP contribution in [-0.2, 0) is 6.42 Å². The van der Waals surface area contributed by atoms with Gasteiger partial charge in [-0.15, -0.1) is 0 Å². The molecule has 1 aromatic rings. The maximum atomic E-state index is 6.57. The molecule has 0 spiro atoms. The van der Waals surface area contributed by atoms with Crippen molar-refractivity contribution in [3.05, 3.63) is 35.4 Å². The number of likely N-dealkylation sites (N-methyl/N-ethyl adjacent to an activating group) is 1. The number of benzene rings is 1. The standard InChI is InChI=1S/C17H27N3/c1-3-14-12-19(2)9-6-10-20(14)16-11-13-7-4-5-8-15(13)17(16)18/h4-5,7-8,14,16-17H,3,6,9-12,18H2,1-2H3. The van der Waals surface area contributed by atoms with Crippen molar-refractivity contribution in [3.8, 4) is 0 Å². The van der Waals surface area contributed by atoms with Gasteiger partial charge in [0.2, 0.25) is 0 Å². The van der Waals surface area contributed by atoms with Gasteiger partial charge >= 0.3 is 0 Å². The molecule has 1 heterocycles. The molecular formula is C17H27N3. The molecule has 1 fully saturated rings. The fourth-order valence-electron chi connectivity index (χ4n) is 3.99. The molecule has 1 aliphatic heterocycles. The molecule has 0 bridgehead atoms. The van der Waals surface area contributed by atoms with Gasteiger partial charge in [-0.05, 0) is 44.0 Å². The van der Waals surface area contributed by atoms with Crippen molar-refractivity contribution < 1.29 is 0 Å². The van der Waals surface area contributed by atoms with Crippen molar-refractivity contribution in [1.82, 2.24) is 9.80 Å². The molecule has 0 aromatic heterocycles. The third-order valence-corrected chi connectivity index (χ3v) is 5.10. The van der Waals surface area contributed by atoms with Gasteiger partial charge in [-0.3, -0.25) is 4.90 Å². The summed E-state index contributed by atoms with van der Waals surface area (Å²) in [6.45, 7) is 5.89. The highest BCUT2D eigenvalue weighted by atomic mass is 15.3. The molecule has 3 heteroatoms. The number of hydrogen-bond donors (Lipinski definition) is 1. The normalized spacial score (nSPS) is 32.0. The molecule has 1 aromatic carbocycles. The van der Waals surface area contributed by atoms with E-state index in [0.717, 1.165) is 6.42 Å². The quantitative estimate of drug-likeness (QED) is 0.895. The lowest BCUT2D eigenvalue weighted by Gasteiger charge is -2.37. The number of nitrogens with two attached hydrogens (primary N) is 1. The van der Waals surface area contributed by atoms with Gasteiger partial charge < -0.3 is 10.6 Å². The molecule has 3 unspecified atom stereocenters. The molecule has 0 amide bonds. The van der Waals surface area contributed by atoms with Crippen LogP contribution in [0.1, 0.15) is 36.9 Å². The van der Waals surface area contributed by atoms with E-state index >= 15 is 0 Å². The first-order valence-corrected chi connectivity index (χ1v) is 7.98. The van der Waals surface area contributed by atoms with Gasteiger partial charge in [0.05, 0.1) is 0 Å². The first-order chi connectivity index (χ1) is 9.70. The molecule has 3 rings (SSSR count). The van der Waals surface area contributed by atoms with Crippen molar-refractivity contribution in [1.29, 1.82) is 0 Å². The van der Waals surface area contributed by atoms with Gasteiger partial charge in [-0.25, -0.2) is 0 Å². The van der Waals surface area contributed by atoms with Crippen molar-refractivity contribution in [2.75, 3.05) is 26.7 Å². The smallest absolute Gasteiger partial charge is 0.0459 e. The van der Waals surface area contributed by atoms with Gasteiger partial charge in [0, 0.05) is 31.2 Å². The van der Waals surface area contributed by atoms with Crippen molar-refractivity contribution in [3.63, 3.8) is 0 Å². The first-order valence-electron chi connectivity index (χ1n) is 7.98. The van der Waals surface area contributed by atoms with Crippen LogP contribution < -0.4 is 5.73 Å². The summed E-state index contributed by atoms with van der Waals surface area (Å²) in [5.74, 6) is 0. The van der Waals surface area contributed by atoms with Gasteiger partial charge in [-0.2, -0.15) is 0 Å². The highest BCUT2D eigenvalue weighted by molar-refractivity contribution is 5.37. The monoisotopic (exact) mass is 273 g/mol. The van der Waals surface area contributed by atoms with Crippen LogP contribution in [0.25, 0.3) is 0 Å². The number of hydrogen-bond acceptors (Lipinski definition) is 3. The lowest BCUT2D eigenvalue weighted by Crippen LogP contribution is -2.49. The number of nitrogens with zero attached hydrogens (tertiary/aromatic N) is 2. The largest absolute Gasteiger partial charge is 0.323 e. The molecule has 3 atom stereocenters. The molecule has 1 aliphatic carbocycles. The van der Waals surface area contributed by atoms with Crippen LogP contribution in [0.4, 0.5) is 0 Å². The summed E-state index contributed by atoms with van der Waals surface area (Å²) in [5, 5.41) is 0. The topological polar surface area (TPSA) is 32.5 Å². The molecule has 0 radical (unpaired) electrons. The third kappa shape index (κ3) is 2.50. The summed E-state index contributed by atoms with van der Waals surface area (Å²) >= 11 is 0. The summed E-state index contributed by atoms with van der Waals surface area (Å²) in [7, 11) is 2.25. The Kier molecular flexibility index (Phi) is 4.11. The fourth-order valence-corrected chi connectivity index (χ4v) is 3.99. The molecule has 0 saturated carbocycles. The van der Waals surface area contributed by atoms with Gasteiger partial charge in [0.15, 0.2) is 0 Å². The predicted octanol–water partition coefficient (Wildman–Crippen LogP) is 2.03. The minimum Gasteiger partial charge on any atom is -0.323 e. The average molecular weight is 273 g/mol. The van der Waals surface area contributed by atoms with Gasteiger partial charge in [0.25, 0.3) is 0 Å². The maximum absolute atomic E-state index is 6.57. The zero-order chi connectivity index (χ0) is 14.1. The van der Waals surface area contributed by atoms with E-state index in [1.54, 1.807) is 0 Å². The van der Waals surface area contributed by atoms with Crippen LogP contribution in [-0.4, -0.2) is 48.6 Å². The molecule has 3 nitrogen and oxygen atoms in total. The zero-order valence-corrected chi connectivity index (χ0v) is 12.8. The van der Waals surface area contributed by atoms with Crippen LogP contribution in [0, 0.1) is 0 Å². The summed E-state index contributed by atoms with van der Waals surface area (Å²) in [6, 6.07) is 10.0. The molecule has 110 valence electrons. The molecule has 20 heavy (non-hydrogen) atoms. The summed E-state index contributed by atoms with van der Waals surface area (Å²) in [5.41, 5.74) is 9.39. The Balaban J connectivity index is 1.82. The van der Waals surface area contributed by atoms with E-state index in [1.165, 1.54) is 43.6 Å². The van der Waals surface area contributed by atoms with Crippen LogP contribution in [0.5, 0.6) is 0 Å². The third-order valence-electron chi connectivity index (χ3n) is 5.10. The maximum Gasteiger partial charge on any atom is 0.0459 e. The SMILES string of the molecule is CCC1CN(C)CCCN1C1Cc2ccccc2C1N. The van der Waals surface area contributed by atoms with Gasteiger partial charge in [-0.1, -0.05) is 31.2 Å². The van der Waals surface area contributed by atoms with E-state index in [2.05, 4.69) is 48.0 Å². The Morgan fingerprint density at radius 1 is 1.25 bits per heavy atom. The van der Waals surface area contributed by atoms with E-state index < -0.39 is 0 Å². The second-order valence-corrected chi connectivity index (χ2v) is 6.41. The molecule has 1 saturated heterocycles. The van der Waals surface area contributed by atoms with Gasteiger partial charge in [0.1, 0.15) is 0 Å². The Hall–Kier alpha value is -0.900. The summed E-state index contributed by atoms with van der Waals surface area (Å²) < 4.78 is 0. The second-order valence-electron chi connectivity index (χ2n) is 6.41. The average Bonchev–Trinajstić information content (AvgIpc) is 2.66. The van der Waals surface area contributed by atoms with E-state index in [0.29, 0.717) is 12.1 Å². The summed E-state index contributed by atoms with van der Waals surface area (Å²) in [6.07, 6.45) is 3.59. The van der Waals surface area contributed by atoms with Crippen LogP contribution >= 0.6 is 0 Å². The minimum absolute atomic E-state index is 0.184. The fraction of sp³-hybridized carbons (Fsp3) is 0.647. The van der Waals surface area contributed by atoms with E-state index in [-0.39, 0.29) is 6.04 Å². The zero-order valence-electron chi connectivity index (χ0n) is 12.8. The van der Waals surface area contributed by atoms with E-state index in [1.807, 2.05) is 0 Å². The molecule has 2 N–H and O–H groups in total. The van der Waals surface area contributed by atoms with Crippen LogP contribution in [0.2, 0.25) is 0 Å². The molecule has 2 aliphatic rings. The number of rotatable bonds is 2. The lowest BCUT2D eigenvalue weighted by molar-refractivity contribution is 0.117. The number of fused-ring (bicyclic) bond motifs is 1. The minimum atomic E-state index is 0.184. The highest BCUT2D eigenvalue weighted by Crippen LogP contribution is 2.34. The Morgan fingerprint density at radius 3 is 2.80 bits per heavy atom. The summed E-state index contributed by atoms with van der Waals surface area (Å²) in [4.78, 5) is 5.18. The first kappa shape index (κ1) is 14.1. The lowest BCUT2D eigenvalue weighted by atomic mass is 10.0. The Labute approximate surface area is 122 Å². The molecular weight excluding hydrogens is 246 g/mol. The van der Waals surface area contributed by atoms with Crippen LogP contribution in [0.3, 0.4) is 0 Å². The van der Waals surface area contributed by atoms with Crippen molar-refractivity contribution >= 4 is 0 Å². The van der Waals surface area contributed by atoms with Crippen molar-refractivity contribution in [2.24, 2.45) is 5.73 Å². The van der Waals surface area contributed by atoms with Crippen LogP contribution in [0.15, 0.2) is 24.3 Å². The van der Waals surface area contributed by atoms with E-state index in [9.17, 15) is 0 Å². The van der Waals surface area contributed by atoms with Crippen molar-refractivity contribution in [2.45, 2.75) is 44.3 Å². The highest BCUT2D eigenvalue weighted by Gasteiger charge is 2.37.